The zero-order chi connectivity index (χ0) is 22.8. The lowest BCUT2D eigenvalue weighted by molar-refractivity contribution is 0.161. The number of thiazole rings is 1. The zero-order valence-electron chi connectivity index (χ0n) is 19.9. The molecule has 0 spiro atoms. The highest BCUT2D eigenvalue weighted by molar-refractivity contribution is 7.22. The van der Waals surface area contributed by atoms with Crippen molar-refractivity contribution in [1.82, 2.24) is 30.3 Å². The third kappa shape index (κ3) is 3.86. The number of piperidine rings is 1. The summed E-state index contributed by atoms with van der Waals surface area (Å²) in [6, 6.07) is 6.81. The van der Waals surface area contributed by atoms with Crippen molar-refractivity contribution in [1.29, 1.82) is 0 Å². The van der Waals surface area contributed by atoms with Crippen LogP contribution in [0.15, 0.2) is 24.4 Å². The summed E-state index contributed by atoms with van der Waals surface area (Å²) in [7, 11) is 4.11. The van der Waals surface area contributed by atoms with Crippen LogP contribution >= 0.6 is 11.3 Å². The van der Waals surface area contributed by atoms with Crippen molar-refractivity contribution >= 4 is 37.7 Å². The molecule has 4 heterocycles. The Morgan fingerprint density at radius 3 is 2.53 bits per heavy atom. The van der Waals surface area contributed by atoms with Gasteiger partial charge in [0.2, 0.25) is 0 Å². The molecule has 1 N–H and O–H groups in total. The highest BCUT2D eigenvalue weighted by atomic mass is 32.1. The molecule has 0 saturated carbocycles. The SMILES string of the molecule is Cc1cc(-c2cc3sc(N(C)C4CC(C)(C)NC(C)(C)C4)nc3nn2)cc2cn(C)nc12. The Balaban J connectivity index is 1.48. The lowest BCUT2D eigenvalue weighted by Gasteiger charge is -2.48. The second kappa shape index (κ2) is 7.22. The summed E-state index contributed by atoms with van der Waals surface area (Å²) in [6.45, 7) is 11.2. The van der Waals surface area contributed by atoms with Crippen molar-refractivity contribution in [3.8, 4) is 11.3 Å². The molecule has 4 aromatic rings. The number of anilines is 1. The smallest absolute Gasteiger partial charge is 0.194 e. The van der Waals surface area contributed by atoms with E-state index >= 15 is 0 Å². The van der Waals surface area contributed by atoms with Crippen LogP contribution in [0.4, 0.5) is 5.13 Å². The van der Waals surface area contributed by atoms with Gasteiger partial charge in [-0.3, -0.25) is 4.68 Å². The molecule has 0 atom stereocenters. The van der Waals surface area contributed by atoms with Gasteiger partial charge in [-0.1, -0.05) is 11.3 Å². The average molecular weight is 450 g/mol. The van der Waals surface area contributed by atoms with Crippen LogP contribution in [-0.2, 0) is 7.05 Å². The lowest BCUT2D eigenvalue weighted by Crippen LogP contribution is -2.61. The van der Waals surface area contributed by atoms with E-state index in [1.807, 2.05) is 17.9 Å². The van der Waals surface area contributed by atoms with Crippen molar-refractivity contribution in [2.75, 3.05) is 11.9 Å². The molecule has 32 heavy (non-hydrogen) atoms. The molecule has 1 aliphatic heterocycles. The molecule has 0 amide bonds. The molecule has 1 aromatic carbocycles. The zero-order valence-corrected chi connectivity index (χ0v) is 20.7. The van der Waals surface area contributed by atoms with Crippen LogP contribution in [0.2, 0.25) is 0 Å². The highest BCUT2D eigenvalue weighted by Crippen LogP contribution is 2.36. The summed E-state index contributed by atoms with van der Waals surface area (Å²) in [5.41, 5.74) is 4.99. The van der Waals surface area contributed by atoms with Crippen LogP contribution in [0, 0.1) is 6.92 Å². The van der Waals surface area contributed by atoms with Gasteiger partial charge in [-0.15, -0.1) is 10.2 Å². The van der Waals surface area contributed by atoms with Crippen molar-refractivity contribution in [2.24, 2.45) is 7.05 Å². The summed E-state index contributed by atoms with van der Waals surface area (Å²) in [4.78, 5) is 7.16. The van der Waals surface area contributed by atoms with E-state index in [0.717, 1.165) is 50.4 Å². The largest absolute Gasteiger partial charge is 0.348 e. The summed E-state index contributed by atoms with van der Waals surface area (Å²) in [5.74, 6) is 0. The number of nitrogens with zero attached hydrogens (tertiary/aromatic N) is 6. The Morgan fingerprint density at radius 1 is 1.09 bits per heavy atom. The van der Waals surface area contributed by atoms with Crippen LogP contribution in [-0.4, -0.2) is 49.1 Å². The van der Waals surface area contributed by atoms with E-state index in [-0.39, 0.29) is 11.1 Å². The van der Waals surface area contributed by atoms with Gasteiger partial charge in [0.15, 0.2) is 10.8 Å². The molecule has 1 fully saturated rings. The molecule has 5 rings (SSSR count). The number of aromatic nitrogens is 5. The van der Waals surface area contributed by atoms with E-state index in [2.05, 4.69) is 85.4 Å². The number of nitrogens with one attached hydrogen (secondary N) is 1. The van der Waals surface area contributed by atoms with E-state index in [1.165, 1.54) is 0 Å². The van der Waals surface area contributed by atoms with Gasteiger partial charge in [0.25, 0.3) is 0 Å². The maximum Gasteiger partial charge on any atom is 0.194 e. The number of aryl methyl sites for hydroxylation is 2. The molecule has 0 bridgehead atoms. The fraction of sp³-hybridized carbons (Fsp3) is 0.500. The fourth-order valence-corrected chi connectivity index (χ4v) is 6.27. The van der Waals surface area contributed by atoms with Gasteiger partial charge in [-0.25, -0.2) is 0 Å². The first-order chi connectivity index (χ1) is 15.0. The minimum Gasteiger partial charge on any atom is -0.348 e. The van der Waals surface area contributed by atoms with E-state index < -0.39 is 0 Å². The average Bonchev–Trinajstić information content (AvgIpc) is 3.27. The summed E-state index contributed by atoms with van der Waals surface area (Å²) < 4.78 is 2.92. The van der Waals surface area contributed by atoms with Crippen molar-refractivity contribution in [3.63, 3.8) is 0 Å². The molecule has 168 valence electrons. The number of hydrogen-bond donors (Lipinski definition) is 1. The first-order valence-electron chi connectivity index (χ1n) is 11.1. The van der Waals surface area contributed by atoms with Crippen molar-refractivity contribution < 1.29 is 0 Å². The van der Waals surface area contributed by atoms with Gasteiger partial charge >= 0.3 is 0 Å². The molecule has 0 unspecified atom stereocenters. The third-order valence-electron chi connectivity index (χ3n) is 6.37. The predicted molar refractivity (Wildman–Crippen MR) is 132 cm³/mol. The molecule has 7 nitrogen and oxygen atoms in total. The lowest BCUT2D eigenvalue weighted by atomic mass is 9.79. The van der Waals surface area contributed by atoms with Gasteiger partial charge in [0.1, 0.15) is 0 Å². The first kappa shape index (κ1) is 21.3. The molecule has 8 heteroatoms. The van der Waals surface area contributed by atoms with Gasteiger partial charge < -0.3 is 10.2 Å². The van der Waals surface area contributed by atoms with Crippen LogP contribution in [0.5, 0.6) is 0 Å². The minimum atomic E-state index is 0.0904. The Bertz CT molecular complexity index is 1300. The van der Waals surface area contributed by atoms with E-state index in [9.17, 15) is 0 Å². The number of hydrogen-bond acceptors (Lipinski definition) is 7. The second-order valence-corrected chi connectivity index (χ2v) is 11.5. The van der Waals surface area contributed by atoms with Gasteiger partial charge in [-0.2, -0.15) is 10.1 Å². The van der Waals surface area contributed by atoms with Gasteiger partial charge in [0.05, 0.1) is 15.9 Å². The van der Waals surface area contributed by atoms with Crippen LogP contribution < -0.4 is 10.2 Å². The van der Waals surface area contributed by atoms with Crippen molar-refractivity contribution in [3.05, 3.63) is 30.0 Å². The quantitative estimate of drug-likeness (QED) is 0.489. The Hall–Kier alpha value is -2.58. The number of benzene rings is 1. The summed E-state index contributed by atoms with van der Waals surface area (Å²) in [6.07, 6.45) is 4.19. The molecule has 3 aromatic heterocycles. The fourth-order valence-electron chi connectivity index (χ4n) is 5.30. The van der Waals surface area contributed by atoms with Gasteiger partial charge in [0, 0.05) is 48.4 Å². The standard InChI is InChI=1S/C24H31N7S/c1-14-8-15(9-16-13-30(6)28-20(14)16)18-10-19-21(27-26-18)25-22(32-19)31(7)17-11-23(2,3)29-24(4,5)12-17/h8-10,13,17,29H,11-12H2,1-7H3. The first-order valence-corrected chi connectivity index (χ1v) is 11.9. The highest BCUT2D eigenvalue weighted by Gasteiger charge is 2.39. The Kier molecular flexibility index (Phi) is 4.80. The third-order valence-corrected chi connectivity index (χ3v) is 7.45. The molecule has 0 aliphatic carbocycles. The van der Waals surface area contributed by atoms with Crippen molar-refractivity contribution in [2.45, 2.75) is 64.6 Å². The molecular formula is C24H31N7S. The van der Waals surface area contributed by atoms with Crippen LogP contribution in [0.1, 0.15) is 46.1 Å². The van der Waals surface area contributed by atoms with Gasteiger partial charge in [-0.05, 0) is 71.2 Å². The van der Waals surface area contributed by atoms with E-state index in [4.69, 9.17) is 4.98 Å². The van der Waals surface area contributed by atoms with Crippen LogP contribution in [0.25, 0.3) is 32.5 Å². The normalized spacial score (nSPS) is 18.5. The molecule has 1 saturated heterocycles. The number of fused-ring (bicyclic) bond motifs is 2. The summed E-state index contributed by atoms with van der Waals surface area (Å²) in [5, 5.41) is 19.4. The predicted octanol–water partition coefficient (Wildman–Crippen LogP) is 4.69. The second-order valence-electron chi connectivity index (χ2n) is 10.5. The monoisotopic (exact) mass is 449 g/mol. The number of rotatable bonds is 3. The maximum absolute atomic E-state index is 4.83. The van der Waals surface area contributed by atoms with Crippen LogP contribution in [0.3, 0.4) is 0 Å². The topological polar surface area (TPSA) is 71.8 Å². The van der Waals surface area contributed by atoms with E-state index in [0.29, 0.717) is 11.7 Å². The molecule has 0 radical (unpaired) electrons. The Labute approximate surface area is 192 Å². The Morgan fingerprint density at radius 2 is 1.81 bits per heavy atom. The summed E-state index contributed by atoms with van der Waals surface area (Å²) >= 11 is 1.70. The maximum atomic E-state index is 4.83. The van der Waals surface area contributed by atoms with E-state index in [1.54, 1.807) is 11.3 Å². The molecule has 1 aliphatic rings. The minimum absolute atomic E-state index is 0.0904. The molecular weight excluding hydrogens is 418 g/mol.